The number of aromatic nitrogens is 2. The van der Waals surface area contributed by atoms with Gasteiger partial charge < -0.3 is 10.1 Å². The number of carbonyl (C=O) groups excluding carboxylic acids is 1. The summed E-state index contributed by atoms with van der Waals surface area (Å²) in [5, 5.41) is 9.13. The maximum absolute atomic E-state index is 12.3. The summed E-state index contributed by atoms with van der Waals surface area (Å²) in [7, 11) is 0. The Morgan fingerprint density at radius 3 is 2.75 bits per heavy atom. The van der Waals surface area contributed by atoms with Crippen LogP contribution in [0, 0.1) is 13.8 Å². The van der Waals surface area contributed by atoms with Crippen LogP contribution in [0.2, 0.25) is 0 Å². The van der Waals surface area contributed by atoms with Crippen molar-refractivity contribution < 1.29 is 9.53 Å². The third-order valence-electron chi connectivity index (χ3n) is 4.42. The first kappa shape index (κ1) is 19.8. The van der Waals surface area contributed by atoms with Crippen molar-refractivity contribution in [1.29, 1.82) is 0 Å². The van der Waals surface area contributed by atoms with E-state index in [1.54, 1.807) is 24.3 Å². The molecule has 0 fully saturated rings. The van der Waals surface area contributed by atoms with Crippen LogP contribution in [-0.4, -0.2) is 28.3 Å². The van der Waals surface area contributed by atoms with E-state index in [0.717, 1.165) is 16.1 Å². The summed E-state index contributed by atoms with van der Waals surface area (Å²) < 4.78 is 7.08. The molecule has 0 radical (unpaired) electrons. The lowest BCUT2D eigenvalue weighted by Crippen LogP contribution is -2.39. The van der Waals surface area contributed by atoms with Crippen LogP contribution in [0.5, 0.6) is 5.75 Å². The summed E-state index contributed by atoms with van der Waals surface area (Å²) in [4.78, 5) is 25.3. The molecule has 2 heterocycles. The predicted molar refractivity (Wildman–Crippen MR) is 111 cm³/mol. The quantitative estimate of drug-likeness (QED) is 0.665. The topological polar surface area (TPSA) is 73.2 Å². The number of thiophene rings is 1. The summed E-state index contributed by atoms with van der Waals surface area (Å²) >= 11 is 1.56. The molecule has 0 saturated carbocycles. The Morgan fingerprint density at radius 2 is 2.04 bits per heavy atom. The summed E-state index contributed by atoms with van der Waals surface area (Å²) in [6.07, 6.45) is -0.635. The summed E-state index contributed by atoms with van der Waals surface area (Å²) in [5.41, 5.74) is 2.83. The van der Waals surface area contributed by atoms with Gasteiger partial charge in [0, 0.05) is 12.6 Å². The van der Waals surface area contributed by atoms with Crippen molar-refractivity contribution in [3.05, 3.63) is 69.3 Å². The molecular weight excluding hydrogens is 374 g/mol. The van der Waals surface area contributed by atoms with E-state index in [9.17, 15) is 9.59 Å². The molecule has 0 aliphatic carbocycles. The van der Waals surface area contributed by atoms with Gasteiger partial charge in [-0.3, -0.25) is 9.59 Å². The number of ether oxygens (including phenoxy) is 1. The molecular formula is C21H23N3O3S. The highest BCUT2D eigenvalue weighted by Gasteiger charge is 2.14. The van der Waals surface area contributed by atoms with E-state index < -0.39 is 6.10 Å². The van der Waals surface area contributed by atoms with Crippen LogP contribution >= 0.6 is 11.3 Å². The zero-order valence-electron chi connectivity index (χ0n) is 16.1. The summed E-state index contributed by atoms with van der Waals surface area (Å²) in [5.74, 6) is 0.424. The monoisotopic (exact) mass is 397 g/mol. The zero-order valence-corrected chi connectivity index (χ0v) is 17.0. The highest BCUT2D eigenvalue weighted by atomic mass is 32.1. The molecule has 0 aliphatic rings. The van der Waals surface area contributed by atoms with Gasteiger partial charge in [0.15, 0.2) is 6.10 Å². The molecule has 0 spiro atoms. The minimum atomic E-state index is -0.635. The van der Waals surface area contributed by atoms with Crippen LogP contribution < -0.4 is 15.6 Å². The molecule has 28 heavy (non-hydrogen) atoms. The van der Waals surface area contributed by atoms with Crippen molar-refractivity contribution in [3.63, 3.8) is 0 Å². The van der Waals surface area contributed by atoms with E-state index in [4.69, 9.17) is 4.74 Å². The first-order valence-electron chi connectivity index (χ1n) is 9.07. The van der Waals surface area contributed by atoms with E-state index in [1.807, 2.05) is 49.6 Å². The van der Waals surface area contributed by atoms with Crippen LogP contribution in [0.15, 0.2) is 52.6 Å². The van der Waals surface area contributed by atoms with Crippen molar-refractivity contribution in [1.82, 2.24) is 15.1 Å². The van der Waals surface area contributed by atoms with Crippen molar-refractivity contribution in [2.75, 3.05) is 6.54 Å². The average Bonchev–Trinajstić information content (AvgIpc) is 3.21. The molecule has 7 heteroatoms. The highest BCUT2D eigenvalue weighted by molar-refractivity contribution is 7.13. The molecule has 0 saturated heterocycles. The standard InChI is InChI=1S/C21H23N3O3S/c1-14-6-7-17(13-15(14)2)27-16(3)21(26)22-10-11-24-20(25)9-8-18(23-24)19-5-4-12-28-19/h4-9,12-13,16H,10-11H2,1-3H3,(H,22,26). The van der Waals surface area contributed by atoms with Gasteiger partial charge in [0.1, 0.15) is 11.4 Å². The van der Waals surface area contributed by atoms with Gasteiger partial charge in [-0.1, -0.05) is 12.1 Å². The first-order chi connectivity index (χ1) is 13.4. The second-order valence-corrected chi connectivity index (χ2v) is 7.50. The van der Waals surface area contributed by atoms with E-state index in [0.29, 0.717) is 18.8 Å². The van der Waals surface area contributed by atoms with Crippen LogP contribution in [0.4, 0.5) is 0 Å². The molecule has 146 valence electrons. The number of nitrogens with one attached hydrogen (secondary N) is 1. The van der Waals surface area contributed by atoms with E-state index in [1.165, 1.54) is 16.3 Å². The third-order valence-corrected chi connectivity index (χ3v) is 5.32. The maximum Gasteiger partial charge on any atom is 0.266 e. The fourth-order valence-corrected chi connectivity index (χ4v) is 3.33. The van der Waals surface area contributed by atoms with Gasteiger partial charge in [-0.05, 0) is 61.5 Å². The van der Waals surface area contributed by atoms with Crippen molar-refractivity contribution >= 4 is 17.2 Å². The summed E-state index contributed by atoms with van der Waals surface area (Å²) in [6, 6.07) is 12.8. The number of hydrogen-bond acceptors (Lipinski definition) is 5. The summed E-state index contributed by atoms with van der Waals surface area (Å²) in [6.45, 7) is 6.31. The molecule has 1 unspecified atom stereocenters. The normalized spacial score (nSPS) is 11.8. The zero-order chi connectivity index (χ0) is 20.1. The van der Waals surface area contributed by atoms with Crippen LogP contribution in [-0.2, 0) is 11.3 Å². The number of benzene rings is 1. The molecule has 3 rings (SSSR count). The number of rotatable bonds is 7. The molecule has 2 aromatic heterocycles. The van der Waals surface area contributed by atoms with E-state index in [2.05, 4.69) is 10.4 Å². The number of hydrogen-bond donors (Lipinski definition) is 1. The predicted octanol–water partition coefficient (Wildman–Crippen LogP) is 3.17. The van der Waals surface area contributed by atoms with Crippen molar-refractivity contribution in [2.24, 2.45) is 0 Å². The Hall–Kier alpha value is -2.93. The second kappa shape index (κ2) is 8.84. The van der Waals surface area contributed by atoms with Gasteiger partial charge in [0.05, 0.1) is 11.4 Å². The largest absolute Gasteiger partial charge is 0.481 e. The van der Waals surface area contributed by atoms with Gasteiger partial charge >= 0.3 is 0 Å². The van der Waals surface area contributed by atoms with Gasteiger partial charge in [0.25, 0.3) is 11.5 Å². The van der Waals surface area contributed by atoms with Crippen molar-refractivity contribution in [3.8, 4) is 16.3 Å². The van der Waals surface area contributed by atoms with Crippen LogP contribution in [0.3, 0.4) is 0 Å². The third kappa shape index (κ3) is 4.86. The average molecular weight is 398 g/mol. The van der Waals surface area contributed by atoms with Gasteiger partial charge in [-0.15, -0.1) is 11.3 Å². The minimum absolute atomic E-state index is 0.200. The smallest absolute Gasteiger partial charge is 0.266 e. The van der Waals surface area contributed by atoms with Crippen molar-refractivity contribution in [2.45, 2.75) is 33.4 Å². The second-order valence-electron chi connectivity index (χ2n) is 6.55. The lowest BCUT2D eigenvalue weighted by Gasteiger charge is -2.16. The Labute approximate surface area is 167 Å². The molecule has 0 aliphatic heterocycles. The Morgan fingerprint density at radius 1 is 1.21 bits per heavy atom. The van der Waals surface area contributed by atoms with E-state index >= 15 is 0 Å². The van der Waals surface area contributed by atoms with Gasteiger partial charge in [-0.2, -0.15) is 5.10 Å². The number of aryl methyl sites for hydroxylation is 2. The highest BCUT2D eigenvalue weighted by Crippen LogP contribution is 2.21. The Balaban J connectivity index is 1.55. The lowest BCUT2D eigenvalue weighted by atomic mass is 10.1. The first-order valence-corrected chi connectivity index (χ1v) is 9.95. The van der Waals surface area contributed by atoms with Gasteiger partial charge in [0.2, 0.25) is 0 Å². The fraction of sp³-hybridized carbons (Fsp3) is 0.286. The molecule has 1 N–H and O–H groups in total. The molecule has 3 aromatic rings. The molecule has 6 nitrogen and oxygen atoms in total. The maximum atomic E-state index is 12.3. The van der Waals surface area contributed by atoms with E-state index in [-0.39, 0.29) is 11.5 Å². The number of amides is 1. The Kier molecular flexibility index (Phi) is 6.26. The molecule has 1 amide bonds. The van der Waals surface area contributed by atoms with Crippen LogP contribution in [0.1, 0.15) is 18.1 Å². The lowest BCUT2D eigenvalue weighted by molar-refractivity contribution is -0.127. The van der Waals surface area contributed by atoms with Crippen LogP contribution in [0.25, 0.3) is 10.6 Å². The SMILES string of the molecule is Cc1ccc(OC(C)C(=O)NCCn2nc(-c3cccs3)ccc2=O)cc1C. The molecule has 1 aromatic carbocycles. The Bertz CT molecular complexity index is 1010. The molecule has 1 atom stereocenters. The molecule has 0 bridgehead atoms. The minimum Gasteiger partial charge on any atom is -0.481 e. The fourth-order valence-electron chi connectivity index (χ4n) is 2.64. The van der Waals surface area contributed by atoms with Gasteiger partial charge in [-0.25, -0.2) is 4.68 Å². The number of carbonyl (C=O) groups is 1. The number of nitrogens with zero attached hydrogens (tertiary/aromatic N) is 2.